The minimum atomic E-state index is -0.551. The Morgan fingerprint density at radius 2 is 1.76 bits per heavy atom. The summed E-state index contributed by atoms with van der Waals surface area (Å²) < 4.78 is 10.4. The number of esters is 1. The molecule has 1 aromatic heterocycles. The fourth-order valence-electron chi connectivity index (χ4n) is 2.02. The number of ether oxygens (including phenoxy) is 1. The standard InChI is InChI=1S/C16H17NO4/c1-10-11(2)21-12(3)15(10)16(19)20-9-14(18)17-13-7-5-4-6-8-13/h4-8H,9H2,1-3H3,(H,17,18). The van der Waals surface area contributed by atoms with Crippen LogP contribution in [0.5, 0.6) is 0 Å². The van der Waals surface area contributed by atoms with Crippen molar-refractivity contribution >= 4 is 17.6 Å². The van der Waals surface area contributed by atoms with Gasteiger partial charge < -0.3 is 14.5 Å². The number of carbonyl (C=O) groups is 2. The van der Waals surface area contributed by atoms with Gasteiger partial charge in [0.1, 0.15) is 17.1 Å². The minimum Gasteiger partial charge on any atom is -0.465 e. The van der Waals surface area contributed by atoms with E-state index in [4.69, 9.17) is 9.15 Å². The van der Waals surface area contributed by atoms with Crippen LogP contribution >= 0.6 is 0 Å². The monoisotopic (exact) mass is 287 g/mol. The van der Waals surface area contributed by atoms with Gasteiger partial charge in [-0.2, -0.15) is 0 Å². The van der Waals surface area contributed by atoms with Crippen LogP contribution in [0, 0.1) is 20.8 Å². The number of amides is 1. The quantitative estimate of drug-likeness (QED) is 0.878. The van der Waals surface area contributed by atoms with Gasteiger partial charge in [0.25, 0.3) is 5.91 Å². The smallest absolute Gasteiger partial charge is 0.342 e. The summed E-state index contributed by atoms with van der Waals surface area (Å²) in [5.74, 6) is 0.238. The Bertz CT molecular complexity index is 658. The van der Waals surface area contributed by atoms with Crippen LogP contribution in [0.4, 0.5) is 5.69 Å². The number of nitrogens with one attached hydrogen (secondary N) is 1. The predicted molar refractivity (Wildman–Crippen MR) is 78.3 cm³/mol. The van der Waals surface area contributed by atoms with Crippen LogP contribution in [0.15, 0.2) is 34.7 Å². The molecule has 0 aliphatic heterocycles. The van der Waals surface area contributed by atoms with E-state index >= 15 is 0 Å². The van der Waals surface area contributed by atoms with Crippen molar-refractivity contribution in [2.45, 2.75) is 20.8 Å². The second-order valence-electron chi connectivity index (χ2n) is 4.70. The Balaban J connectivity index is 1.93. The van der Waals surface area contributed by atoms with E-state index in [0.717, 1.165) is 5.56 Å². The van der Waals surface area contributed by atoms with Crippen LogP contribution in [0.25, 0.3) is 0 Å². The van der Waals surface area contributed by atoms with Crippen molar-refractivity contribution in [3.8, 4) is 0 Å². The third kappa shape index (κ3) is 3.51. The maximum Gasteiger partial charge on any atom is 0.342 e. The topological polar surface area (TPSA) is 68.5 Å². The van der Waals surface area contributed by atoms with Crippen LogP contribution < -0.4 is 5.32 Å². The zero-order valence-corrected chi connectivity index (χ0v) is 12.2. The molecule has 0 spiro atoms. The number of anilines is 1. The largest absolute Gasteiger partial charge is 0.465 e. The lowest BCUT2D eigenvalue weighted by Gasteiger charge is -2.06. The highest BCUT2D eigenvalue weighted by Gasteiger charge is 2.20. The number of carbonyl (C=O) groups excluding carboxylic acids is 2. The van der Waals surface area contributed by atoms with Crippen LogP contribution in [0.3, 0.4) is 0 Å². The second kappa shape index (κ2) is 6.26. The summed E-state index contributed by atoms with van der Waals surface area (Å²) >= 11 is 0. The van der Waals surface area contributed by atoms with Gasteiger partial charge in [-0.25, -0.2) is 4.79 Å². The van der Waals surface area contributed by atoms with Crippen LogP contribution in [-0.4, -0.2) is 18.5 Å². The number of furan rings is 1. The van der Waals surface area contributed by atoms with Gasteiger partial charge in [0.2, 0.25) is 0 Å². The molecule has 0 radical (unpaired) electrons. The maximum absolute atomic E-state index is 12.0. The van der Waals surface area contributed by atoms with Crippen LogP contribution in [0.2, 0.25) is 0 Å². The number of aryl methyl sites for hydroxylation is 2. The lowest BCUT2D eigenvalue weighted by Crippen LogP contribution is -2.21. The molecule has 1 heterocycles. The average Bonchev–Trinajstić information content (AvgIpc) is 2.71. The van der Waals surface area contributed by atoms with Gasteiger partial charge in [0.05, 0.1) is 0 Å². The van der Waals surface area contributed by atoms with Crippen molar-refractivity contribution in [2.75, 3.05) is 11.9 Å². The Morgan fingerprint density at radius 3 is 2.33 bits per heavy atom. The molecule has 0 fully saturated rings. The van der Waals surface area contributed by atoms with Crippen molar-refractivity contribution in [3.05, 3.63) is 53.0 Å². The van der Waals surface area contributed by atoms with E-state index in [1.54, 1.807) is 32.9 Å². The predicted octanol–water partition coefficient (Wildman–Crippen LogP) is 3.00. The van der Waals surface area contributed by atoms with E-state index in [2.05, 4.69) is 5.32 Å². The molecule has 0 saturated carbocycles. The molecule has 21 heavy (non-hydrogen) atoms. The van der Waals surface area contributed by atoms with Crippen molar-refractivity contribution in [1.82, 2.24) is 0 Å². The lowest BCUT2D eigenvalue weighted by atomic mass is 10.1. The Morgan fingerprint density at radius 1 is 1.10 bits per heavy atom. The van der Waals surface area contributed by atoms with E-state index in [0.29, 0.717) is 22.8 Å². The Labute approximate surface area is 122 Å². The normalized spacial score (nSPS) is 10.2. The van der Waals surface area contributed by atoms with Crippen molar-refractivity contribution in [3.63, 3.8) is 0 Å². The second-order valence-corrected chi connectivity index (χ2v) is 4.70. The highest BCUT2D eigenvalue weighted by Crippen LogP contribution is 2.21. The summed E-state index contributed by atoms with van der Waals surface area (Å²) in [6, 6.07) is 8.98. The van der Waals surface area contributed by atoms with Crippen molar-refractivity contribution in [2.24, 2.45) is 0 Å². The summed E-state index contributed by atoms with van der Waals surface area (Å²) in [4.78, 5) is 23.7. The SMILES string of the molecule is Cc1oc(C)c(C(=O)OCC(=O)Nc2ccccc2)c1C. The van der Waals surface area contributed by atoms with Crippen molar-refractivity contribution in [1.29, 1.82) is 0 Å². The van der Waals surface area contributed by atoms with Gasteiger partial charge in [-0.15, -0.1) is 0 Å². The molecular weight excluding hydrogens is 270 g/mol. The number of para-hydroxylation sites is 1. The van der Waals surface area contributed by atoms with Gasteiger partial charge >= 0.3 is 5.97 Å². The molecule has 1 N–H and O–H groups in total. The molecule has 110 valence electrons. The third-order valence-electron chi connectivity index (χ3n) is 3.16. The average molecular weight is 287 g/mol. The molecule has 0 atom stereocenters. The van der Waals surface area contributed by atoms with Gasteiger partial charge in [0.15, 0.2) is 6.61 Å². The summed E-state index contributed by atoms with van der Waals surface area (Å²) in [7, 11) is 0. The highest BCUT2D eigenvalue weighted by atomic mass is 16.5. The first-order valence-corrected chi connectivity index (χ1v) is 6.57. The molecule has 1 aromatic carbocycles. The van der Waals surface area contributed by atoms with Gasteiger partial charge in [-0.3, -0.25) is 4.79 Å². The molecule has 2 aromatic rings. The summed E-state index contributed by atoms with van der Waals surface area (Å²) in [6.07, 6.45) is 0. The Hall–Kier alpha value is -2.56. The molecule has 0 unspecified atom stereocenters. The fourth-order valence-corrected chi connectivity index (χ4v) is 2.02. The third-order valence-corrected chi connectivity index (χ3v) is 3.16. The van der Waals surface area contributed by atoms with Crippen LogP contribution in [0.1, 0.15) is 27.4 Å². The molecule has 0 saturated heterocycles. The van der Waals surface area contributed by atoms with E-state index in [-0.39, 0.29) is 12.5 Å². The van der Waals surface area contributed by atoms with Gasteiger partial charge in [0, 0.05) is 11.3 Å². The van der Waals surface area contributed by atoms with Gasteiger partial charge in [-0.1, -0.05) is 18.2 Å². The molecule has 0 aliphatic rings. The number of rotatable bonds is 4. The molecule has 2 rings (SSSR count). The molecule has 0 bridgehead atoms. The molecular formula is C16H17NO4. The summed E-state index contributed by atoms with van der Waals surface area (Å²) in [6.45, 7) is 4.92. The number of hydrogen-bond acceptors (Lipinski definition) is 4. The maximum atomic E-state index is 12.0. The summed E-state index contributed by atoms with van der Waals surface area (Å²) in [5.41, 5.74) is 1.78. The first-order valence-electron chi connectivity index (χ1n) is 6.57. The molecule has 5 nitrogen and oxygen atoms in total. The van der Waals surface area contributed by atoms with Crippen LogP contribution in [-0.2, 0) is 9.53 Å². The van der Waals surface area contributed by atoms with E-state index < -0.39 is 5.97 Å². The highest BCUT2D eigenvalue weighted by molar-refractivity contribution is 5.96. The van der Waals surface area contributed by atoms with E-state index in [1.165, 1.54) is 0 Å². The summed E-state index contributed by atoms with van der Waals surface area (Å²) in [5, 5.41) is 2.64. The number of hydrogen-bond donors (Lipinski definition) is 1. The van der Waals surface area contributed by atoms with Crippen molar-refractivity contribution < 1.29 is 18.7 Å². The number of benzene rings is 1. The molecule has 5 heteroatoms. The van der Waals surface area contributed by atoms with E-state index in [9.17, 15) is 9.59 Å². The zero-order chi connectivity index (χ0) is 15.4. The first kappa shape index (κ1) is 14.8. The first-order chi connectivity index (χ1) is 9.99. The molecule has 1 amide bonds. The van der Waals surface area contributed by atoms with E-state index in [1.807, 2.05) is 18.2 Å². The minimum absolute atomic E-state index is 0.336. The lowest BCUT2D eigenvalue weighted by molar-refractivity contribution is -0.119. The van der Waals surface area contributed by atoms with Gasteiger partial charge in [-0.05, 0) is 32.9 Å². The fraction of sp³-hybridized carbons (Fsp3) is 0.250. The molecule has 0 aliphatic carbocycles. The Kier molecular flexibility index (Phi) is 4.42. The zero-order valence-electron chi connectivity index (χ0n) is 12.2.